The van der Waals surface area contributed by atoms with Gasteiger partial charge in [-0.25, -0.2) is 4.79 Å². The number of hydrogen-bond donors (Lipinski definition) is 0. The van der Waals surface area contributed by atoms with Crippen LogP contribution < -0.4 is 4.74 Å². The number of benzene rings is 2. The van der Waals surface area contributed by atoms with E-state index in [2.05, 4.69) is 0 Å². The average molecular weight is 378 g/mol. The highest BCUT2D eigenvalue weighted by Gasteiger charge is 2.30. The van der Waals surface area contributed by atoms with Crippen LogP contribution in [0.2, 0.25) is 0 Å². The van der Waals surface area contributed by atoms with Crippen molar-refractivity contribution in [3.05, 3.63) is 71.5 Å². The molecule has 0 saturated heterocycles. The van der Waals surface area contributed by atoms with E-state index in [1.165, 1.54) is 0 Å². The largest absolute Gasteiger partial charge is 0.490 e. The van der Waals surface area contributed by atoms with Gasteiger partial charge in [0.2, 0.25) is 0 Å². The van der Waals surface area contributed by atoms with Crippen LogP contribution in [0.4, 0.5) is 0 Å². The van der Waals surface area contributed by atoms with E-state index in [0.29, 0.717) is 41.3 Å². The quantitative estimate of drug-likeness (QED) is 0.494. The van der Waals surface area contributed by atoms with E-state index in [4.69, 9.17) is 13.9 Å². The molecule has 0 aliphatic carbocycles. The molecule has 3 aromatic rings. The van der Waals surface area contributed by atoms with E-state index >= 15 is 0 Å². The van der Waals surface area contributed by atoms with E-state index in [-0.39, 0.29) is 11.4 Å². The van der Waals surface area contributed by atoms with E-state index < -0.39 is 0 Å². The smallest absolute Gasteiger partial charge is 0.342 e. The zero-order valence-electron chi connectivity index (χ0n) is 16.8. The van der Waals surface area contributed by atoms with Crippen molar-refractivity contribution in [1.29, 1.82) is 0 Å². The van der Waals surface area contributed by atoms with Crippen LogP contribution in [0.25, 0.3) is 17.0 Å². The van der Waals surface area contributed by atoms with Gasteiger partial charge in [0, 0.05) is 10.8 Å². The van der Waals surface area contributed by atoms with E-state index in [9.17, 15) is 4.79 Å². The predicted molar refractivity (Wildman–Crippen MR) is 112 cm³/mol. The van der Waals surface area contributed by atoms with Crippen molar-refractivity contribution >= 4 is 23.0 Å². The molecule has 2 aromatic carbocycles. The highest BCUT2D eigenvalue weighted by molar-refractivity contribution is 6.05. The van der Waals surface area contributed by atoms with Crippen LogP contribution in [-0.4, -0.2) is 19.2 Å². The topological polar surface area (TPSA) is 48.7 Å². The molecule has 0 atom stereocenters. The molecule has 0 saturated carbocycles. The Hall–Kier alpha value is -3.01. The zero-order chi connectivity index (χ0) is 20.1. The number of furan rings is 1. The third-order valence-electron chi connectivity index (χ3n) is 4.28. The van der Waals surface area contributed by atoms with Crippen molar-refractivity contribution in [1.82, 2.24) is 0 Å². The summed E-state index contributed by atoms with van der Waals surface area (Å²) >= 11 is 0. The Morgan fingerprint density at radius 1 is 1.11 bits per heavy atom. The number of esters is 1. The van der Waals surface area contributed by atoms with Gasteiger partial charge in [-0.3, -0.25) is 0 Å². The fourth-order valence-corrected chi connectivity index (χ4v) is 2.99. The van der Waals surface area contributed by atoms with Gasteiger partial charge in [0.15, 0.2) is 0 Å². The monoisotopic (exact) mass is 378 g/mol. The first kappa shape index (κ1) is 19.7. The second kappa shape index (κ2) is 8.34. The molecule has 4 heteroatoms. The fraction of sp³-hybridized carbons (Fsp3) is 0.292. The molecule has 0 unspecified atom stereocenters. The minimum absolute atomic E-state index is 0.315. The van der Waals surface area contributed by atoms with Gasteiger partial charge >= 0.3 is 5.97 Å². The first-order valence-electron chi connectivity index (χ1n) is 9.48. The Balaban J connectivity index is 1.86. The third-order valence-corrected chi connectivity index (χ3v) is 4.28. The van der Waals surface area contributed by atoms with Crippen LogP contribution in [0.5, 0.6) is 5.75 Å². The highest BCUT2D eigenvalue weighted by Crippen LogP contribution is 2.36. The molecule has 0 bridgehead atoms. The Bertz CT molecular complexity index is 975. The molecule has 0 spiro atoms. The molecule has 0 N–H and O–H groups in total. The minimum Gasteiger partial charge on any atom is -0.490 e. The van der Waals surface area contributed by atoms with Gasteiger partial charge in [-0.1, -0.05) is 57.2 Å². The molecule has 28 heavy (non-hydrogen) atoms. The van der Waals surface area contributed by atoms with Crippen LogP contribution in [0.1, 0.15) is 49.4 Å². The summed E-state index contributed by atoms with van der Waals surface area (Å²) in [5.74, 6) is 0.936. The Labute approximate surface area is 165 Å². The average Bonchev–Trinajstić information content (AvgIpc) is 3.06. The molecule has 1 aromatic heterocycles. The summed E-state index contributed by atoms with van der Waals surface area (Å²) in [4.78, 5) is 12.6. The molecule has 0 aliphatic rings. The zero-order valence-corrected chi connectivity index (χ0v) is 16.8. The summed E-state index contributed by atoms with van der Waals surface area (Å²) in [6.07, 6.45) is 3.97. The molecular weight excluding hydrogens is 352 g/mol. The summed E-state index contributed by atoms with van der Waals surface area (Å²) in [6.45, 7) is 8.58. The van der Waals surface area contributed by atoms with Gasteiger partial charge in [0.1, 0.15) is 29.3 Å². The molecule has 1 heterocycles. The molecule has 146 valence electrons. The lowest BCUT2D eigenvalue weighted by Gasteiger charge is -2.16. The standard InChI is InChI=1S/C24H26O4/c1-5-26-23(25)21-19-16-18(13-14-20(19)28-22(21)24(2,3)4)27-15-9-12-17-10-7-6-8-11-17/h6-14,16H,5,15H2,1-4H3/b12-9+. The van der Waals surface area contributed by atoms with Gasteiger partial charge in [-0.15, -0.1) is 0 Å². The van der Waals surface area contributed by atoms with E-state index in [1.807, 2.05) is 81.5 Å². The summed E-state index contributed by atoms with van der Waals surface area (Å²) in [7, 11) is 0. The second-order valence-corrected chi connectivity index (χ2v) is 7.56. The number of fused-ring (bicyclic) bond motifs is 1. The normalized spacial score (nSPS) is 11.9. The summed E-state index contributed by atoms with van der Waals surface area (Å²) in [5.41, 5.74) is 1.94. The van der Waals surface area contributed by atoms with Crippen LogP contribution in [0.3, 0.4) is 0 Å². The summed E-state index contributed by atoms with van der Waals surface area (Å²) < 4.78 is 17.1. The first-order valence-corrected chi connectivity index (χ1v) is 9.48. The van der Waals surface area contributed by atoms with Gasteiger partial charge < -0.3 is 13.9 Å². The lowest BCUT2D eigenvalue weighted by atomic mass is 9.89. The summed E-state index contributed by atoms with van der Waals surface area (Å²) in [6, 6.07) is 15.6. The third kappa shape index (κ3) is 4.45. The number of carbonyl (C=O) groups excluding carboxylic acids is 1. The Morgan fingerprint density at radius 2 is 1.86 bits per heavy atom. The van der Waals surface area contributed by atoms with Crippen molar-refractivity contribution in [2.75, 3.05) is 13.2 Å². The number of rotatable bonds is 6. The number of hydrogen-bond acceptors (Lipinski definition) is 4. The molecule has 0 aliphatic heterocycles. The van der Waals surface area contributed by atoms with Crippen LogP contribution >= 0.6 is 0 Å². The van der Waals surface area contributed by atoms with Crippen molar-refractivity contribution in [2.24, 2.45) is 0 Å². The number of ether oxygens (including phenoxy) is 2. The maximum Gasteiger partial charge on any atom is 0.342 e. The van der Waals surface area contributed by atoms with Crippen LogP contribution in [0, 0.1) is 0 Å². The summed E-state index contributed by atoms with van der Waals surface area (Å²) in [5, 5.41) is 0.716. The van der Waals surface area contributed by atoms with Crippen molar-refractivity contribution in [3.8, 4) is 5.75 Å². The van der Waals surface area contributed by atoms with Crippen molar-refractivity contribution < 1.29 is 18.7 Å². The predicted octanol–water partition coefficient (Wildman–Crippen LogP) is 6.00. The molecule has 0 fully saturated rings. The van der Waals surface area contributed by atoms with E-state index in [1.54, 1.807) is 6.92 Å². The lowest BCUT2D eigenvalue weighted by molar-refractivity contribution is 0.0523. The van der Waals surface area contributed by atoms with Gasteiger partial charge in [0.05, 0.1) is 6.61 Å². The molecule has 4 nitrogen and oxygen atoms in total. The fourth-order valence-electron chi connectivity index (χ4n) is 2.99. The van der Waals surface area contributed by atoms with Crippen LogP contribution in [0.15, 0.2) is 59.0 Å². The van der Waals surface area contributed by atoms with Gasteiger partial charge in [0.25, 0.3) is 0 Å². The maximum absolute atomic E-state index is 12.6. The Kier molecular flexibility index (Phi) is 5.88. The molecular formula is C24H26O4. The molecule has 3 rings (SSSR count). The van der Waals surface area contributed by atoms with Crippen LogP contribution in [-0.2, 0) is 10.2 Å². The first-order chi connectivity index (χ1) is 13.4. The van der Waals surface area contributed by atoms with E-state index in [0.717, 1.165) is 5.56 Å². The second-order valence-electron chi connectivity index (χ2n) is 7.56. The van der Waals surface area contributed by atoms with Gasteiger partial charge in [-0.05, 0) is 36.8 Å². The van der Waals surface area contributed by atoms with Crippen molar-refractivity contribution in [2.45, 2.75) is 33.1 Å². The SMILES string of the molecule is CCOC(=O)c1c(C(C)(C)C)oc2ccc(OC/C=C/c3ccccc3)cc12. The Morgan fingerprint density at radius 3 is 2.54 bits per heavy atom. The van der Waals surface area contributed by atoms with Crippen molar-refractivity contribution in [3.63, 3.8) is 0 Å². The molecule has 0 amide bonds. The maximum atomic E-state index is 12.6. The minimum atomic E-state index is -0.368. The van der Waals surface area contributed by atoms with Gasteiger partial charge in [-0.2, -0.15) is 0 Å². The molecule has 0 radical (unpaired) electrons. The highest BCUT2D eigenvalue weighted by atomic mass is 16.5. The number of carbonyl (C=O) groups is 1. The lowest BCUT2D eigenvalue weighted by Crippen LogP contribution is -2.16.